The van der Waals surface area contributed by atoms with Crippen LogP contribution >= 0.6 is 0 Å². The summed E-state index contributed by atoms with van der Waals surface area (Å²) in [5, 5.41) is 8.74. The van der Waals surface area contributed by atoms with Gasteiger partial charge in [-0.05, 0) is 12.1 Å². The highest BCUT2D eigenvalue weighted by atomic mass is 32.2. The number of hydrogen-bond acceptors (Lipinski definition) is 4. The molecule has 1 aromatic heterocycles. The Balaban J connectivity index is 2.70. The van der Waals surface area contributed by atoms with Crippen LogP contribution in [0.2, 0.25) is 0 Å². The Kier molecular flexibility index (Phi) is 4.55. The summed E-state index contributed by atoms with van der Waals surface area (Å²) in [6.07, 6.45) is 1.32. The van der Waals surface area contributed by atoms with E-state index in [4.69, 9.17) is 5.11 Å². The van der Waals surface area contributed by atoms with Crippen molar-refractivity contribution in [2.45, 2.75) is 13.5 Å². The maximum atomic E-state index is 11.3. The van der Waals surface area contributed by atoms with Crippen LogP contribution in [0.4, 0.5) is 0 Å². The van der Waals surface area contributed by atoms with Crippen LogP contribution in [0, 0.1) is 0 Å². The van der Waals surface area contributed by atoms with Gasteiger partial charge in [-0.2, -0.15) is 13.1 Å². The van der Waals surface area contributed by atoms with Crippen LogP contribution in [0.1, 0.15) is 23.0 Å². The second-order valence-electron chi connectivity index (χ2n) is 3.16. The Hall–Kier alpha value is -1.51. The van der Waals surface area contributed by atoms with E-state index in [1.165, 1.54) is 18.3 Å². The van der Waals surface area contributed by atoms with E-state index in [1.54, 1.807) is 6.92 Å². The lowest BCUT2D eigenvalue weighted by Crippen LogP contribution is -2.36. The Bertz CT molecular complexity index is 501. The number of aromatic nitrogens is 1. The zero-order valence-corrected chi connectivity index (χ0v) is 9.99. The van der Waals surface area contributed by atoms with E-state index in [2.05, 4.69) is 14.4 Å². The fourth-order valence-electron chi connectivity index (χ4n) is 1.12. The second-order valence-corrected chi connectivity index (χ2v) is 4.75. The fraction of sp³-hybridized carbons (Fsp3) is 0.333. The van der Waals surface area contributed by atoms with Crippen molar-refractivity contribution in [3.05, 3.63) is 29.6 Å². The first-order chi connectivity index (χ1) is 7.94. The minimum absolute atomic E-state index is 0.0591. The van der Waals surface area contributed by atoms with E-state index < -0.39 is 16.2 Å². The molecule has 0 amide bonds. The molecule has 0 aromatic carbocycles. The fourth-order valence-corrected chi connectivity index (χ4v) is 1.94. The number of pyridine rings is 1. The van der Waals surface area contributed by atoms with Gasteiger partial charge in [-0.1, -0.05) is 6.92 Å². The van der Waals surface area contributed by atoms with E-state index in [0.717, 1.165) is 0 Å². The highest BCUT2D eigenvalue weighted by Gasteiger charge is 2.09. The standard InChI is InChI=1S/C9H13N3O4S/c1-2-11-17(15,16)12-6-8-5-7(9(13)14)3-4-10-8/h3-5,11-12H,2,6H2,1H3,(H,13,14). The maximum absolute atomic E-state index is 11.3. The maximum Gasteiger partial charge on any atom is 0.335 e. The van der Waals surface area contributed by atoms with Crippen LogP contribution < -0.4 is 9.44 Å². The highest BCUT2D eigenvalue weighted by molar-refractivity contribution is 7.87. The van der Waals surface area contributed by atoms with E-state index in [9.17, 15) is 13.2 Å². The van der Waals surface area contributed by atoms with Gasteiger partial charge in [-0.15, -0.1) is 0 Å². The van der Waals surface area contributed by atoms with Gasteiger partial charge < -0.3 is 5.11 Å². The minimum Gasteiger partial charge on any atom is -0.478 e. The Morgan fingerprint density at radius 1 is 1.47 bits per heavy atom. The lowest BCUT2D eigenvalue weighted by atomic mass is 10.2. The summed E-state index contributed by atoms with van der Waals surface area (Å²) >= 11 is 0. The molecule has 17 heavy (non-hydrogen) atoms. The number of carbonyl (C=O) groups is 1. The molecule has 1 rings (SSSR count). The topological polar surface area (TPSA) is 108 Å². The SMILES string of the molecule is CCNS(=O)(=O)NCc1cc(C(=O)O)ccn1. The minimum atomic E-state index is -3.55. The third-order valence-corrected chi connectivity index (χ3v) is 3.03. The van der Waals surface area contributed by atoms with Crippen LogP contribution in [0.15, 0.2) is 18.3 Å². The molecule has 0 unspecified atom stereocenters. The zero-order valence-electron chi connectivity index (χ0n) is 9.17. The van der Waals surface area contributed by atoms with Gasteiger partial charge in [0, 0.05) is 12.7 Å². The molecule has 0 saturated heterocycles. The predicted molar refractivity (Wildman–Crippen MR) is 60.6 cm³/mol. The highest BCUT2D eigenvalue weighted by Crippen LogP contribution is 2.01. The monoisotopic (exact) mass is 259 g/mol. The molecule has 0 bridgehead atoms. The molecule has 0 aliphatic rings. The largest absolute Gasteiger partial charge is 0.478 e. The third-order valence-electron chi connectivity index (χ3n) is 1.84. The molecule has 1 aromatic rings. The molecule has 0 radical (unpaired) electrons. The van der Waals surface area contributed by atoms with Gasteiger partial charge in [0.1, 0.15) is 0 Å². The first-order valence-corrected chi connectivity index (χ1v) is 6.35. The molecule has 0 aliphatic heterocycles. The smallest absolute Gasteiger partial charge is 0.335 e. The Morgan fingerprint density at radius 3 is 2.76 bits per heavy atom. The van der Waals surface area contributed by atoms with E-state index in [1.807, 2.05) is 0 Å². The summed E-state index contributed by atoms with van der Waals surface area (Å²) in [7, 11) is -3.55. The molecule has 94 valence electrons. The Labute approximate surface area is 99.1 Å². The quantitative estimate of drug-likeness (QED) is 0.651. The molecule has 0 atom stereocenters. The predicted octanol–water partition coefficient (Wildman–Crippen LogP) is -0.276. The van der Waals surface area contributed by atoms with Gasteiger partial charge in [0.2, 0.25) is 0 Å². The number of hydrogen-bond donors (Lipinski definition) is 3. The van der Waals surface area contributed by atoms with E-state index >= 15 is 0 Å². The molecule has 8 heteroatoms. The molecule has 0 spiro atoms. The van der Waals surface area contributed by atoms with Gasteiger partial charge in [-0.3, -0.25) is 4.98 Å². The average Bonchev–Trinajstić information content (AvgIpc) is 2.27. The third kappa shape index (κ3) is 4.47. The van der Waals surface area contributed by atoms with Crippen molar-refractivity contribution in [2.75, 3.05) is 6.54 Å². The number of nitrogens with zero attached hydrogens (tertiary/aromatic N) is 1. The van der Waals surface area contributed by atoms with Crippen molar-refractivity contribution in [3.63, 3.8) is 0 Å². The van der Waals surface area contributed by atoms with Gasteiger partial charge in [0.05, 0.1) is 17.8 Å². The van der Waals surface area contributed by atoms with Gasteiger partial charge in [-0.25, -0.2) is 9.52 Å². The number of carboxylic acids is 1. The average molecular weight is 259 g/mol. The summed E-state index contributed by atoms with van der Waals surface area (Å²) in [4.78, 5) is 14.5. The van der Waals surface area contributed by atoms with Gasteiger partial charge in [0.15, 0.2) is 0 Å². The summed E-state index contributed by atoms with van der Waals surface area (Å²) in [6.45, 7) is 1.87. The molecular weight excluding hydrogens is 246 g/mol. The van der Waals surface area contributed by atoms with Crippen LogP contribution in [0.3, 0.4) is 0 Å². The van der Waals surface area contributed by atoms with Crippen LogP contribution in [0.25, 0.3) is 0 Å². The molecule has 7 nitrogen and oxygen atoms in total. The zero-order chi connectivity index (χ0) is 12.9. The van der Waals surface area contributed by atoms with Crippen LogP contribution in [-0.4, -0.2) is 31.0 Å². The Morgan fingerprint density at radius 2 is 2.18 bits per heavy atom. The van der Waals surface area contributed by atoms with Crippen molar-refractivity contribution in [2.24, 2.45) is 0 Å². The van der Waals surface area contributed by atoms with Crippen molar-refractivity contribution in [1.29, 1.82) is 0 Å². The number of rotatable bonds is 6. The van der Waals surface area contributed by atoms with E-state index in [-0.39, 0.29) is 18.7 Å². The van der Waals surface area contributed by atoms with Crippen molar-refractivity contribution in [1.82, 2.24) is 14.4 Å². The van der Waals surface area contributed by atoms with Crippen molar-refractivity contribution < 1.29 is 18.3 Å². The lowest BCUT2D eigenvalue weighted by molar-refractivity contribution is 0.0696. The molecule has 1 heterocycles. The second kappa shape index (κ2) is 5.71. The molecular formula is C9H13N3O4S. The number of aromatic carboxylic acids is 1. The van der Waals surface area contributed by atoms with Crippen LogP contribution in [-0.2, 0) is 16.8 Å². The first-order valence-electron chi connectivity index (χ1n) is 4.87. The lowest BCUT2D eigenvalue weighted by Gasteiger charge is -2.06. The van der Waals surface area contributed by atoms with Gasteiger partial charge >= 0.3 is 5.97 Å². The van der Waals surface area contributed by atoms with Crippen LogP contribution in [0.5, 0.6) is 0 Å². The van der Waals surface area contributed by atoms with Crippen molar-refractivity contribution >= 4 is 16.2 Å². The van der Waals surface area contributed by atoms with E-state index in [0.29, 0.717) is 5.69 Å². The first kappa shape index (κ1) is 13.6. The summed E-state index contributed by atoms with van der Waals surface area (Å²) in [6, 6.07) is 2.65. The van der Waals surface area contributed by atoms with Crippen molar-refractivity contribution in [3.8, 4) is 0 Å². The summed E-state index contributed by atoms with van der Waals surface area (Å²) < 4.78 is 27.0. The molecule has 0 fully saturated rings. The molecule has 3 N–H and O–H groups in total. The normalized spacial score (nSPS) is 11.4. The molecule has 0 saturated carbocycles. The van der Waals surface area contributed by atoms with Gasteiger partial charge in [0.25, 0.3) is 10.2 Å². The summed E-state index contributed by atoms with van der Waals surface area (Å²) in [5.74, 6) is -1.08. The number of nitrogens with one attached hydrogen (secondary N) is 2. The number of carboxylic acid groups (broad SMARTS) is 1. The molecule has 0 aliphatic carbocycles. The summed E-state index contributed by atoms with van der Waals surface area (Å²) in [5.41, 5.74) is 0.407.